The highest BCUT2D eigenvalue weighted by Crippen LogP contribution is 2.34. The highest BCUT2D eigenvalue weighted by molar-refractivity contribution is 4.86. The number of hydrogen-bond donors (Lipinski definition) is 1. The average molecular weight is 268 g/mol. The molecule has 19 heavy (non-hydrogen) atoms. The molecule has 3 nitrogen and oxygen atoms in total. The molecule has 112 valence electrons. The van der Waals surface area contributed by atoms with Crippen molar-refractivity contribution in [3.63, 3.8) is 0 Å². The topological polar surface area (TPSA) is 24.5 Å². The van der Waals surface area contributed by atoms with Crippen molar-refractivity contribution in [1.82, 2.24) is 10.2 Å². The fourth-order valence-corrected chi connectivity index (χ4v) is 3.42. The second kappa shape index (κ2) is 7.05. The molecule has 0 aromatic rings. The Balaban J connectivity index is 1.81. The first kappa shape index (κ1) is 15.3. The molecule has 0 amide bonds. The molecule has 1 N–H and O–H groups in total. The van der Waals surface area contributed by atoms with Crippen molar-refractivity contribution in [3.05, 3.63) is 0 Å². The first-order valence-corrected chi connectivity index (χ1v) is 8.20. The molecule has 2 aliphatic rings. The van der Waals surface area contributed by atoms with Gasteiger partial charge in [-0.05, 0) is 44.3 Å². The lowest BCUT2D eigenvalue weighted by Gasteiger charge is -2.41. The van der Waals surface area contributed by atoms with Crippen molar-refractivity contribution in [3.8, 4) is 0 Å². The van der Waals surface area contributed by atoms with Crippen molar-refractivity contribution in [2.24, 2.45) is 11.3 Å². The minimum Gasteiger partial charge on any atom is -0.381 e. The van der Waals surface area contributed by atoms with E-state index in [0.29, 0.717) is 11.5 Å². The van der Waals surface area contributed by atoms with Crippen LogP contribution in [-0.2, 0) is 4.74 Å². The molecule has 0 radical (unpaired) electrons. The van der Waals surface area contributed by atoms with Crippen LogP contribution in [-0.4, -0.2) is 50.3 Å². The van der Waals surface area contributed by atoms with Crippen LogP contribution in [0.1, 0.15) is 46.5 Å². The van der Waals surface area contributed by atoms with Gasteiger partial charge < -0.3 is 15.0 Å². The zero-order chi connectivity index (χ0) is 13.7. The lowest BCUT2D eigenvalue weighted by atomic mass is 9.78. The fourth-order valence-electron chi connectivity index (χ4n) is 3.42. The normalized spacial score (nSPS) is 29.5. The lowest BCUT2D eigenvalue weighted by molar-refractivity contribution is 0.0952. The third-order valence-corrected chi connectivity index (χ3v) is 5.37. The molecule has 2 heterocycles. The Hall–Kier alpha value is -0.120. The Morgan fingerprint density at radius 3 is 2.58 bits per heavy atom. The standard InChI is InChI=1S/C16H32N2O/c1-4-16(3)7-9-18(10-8-16)12-15(17-5-2)14-6-11-19-13-14/h14-15,17H,4-13H2,1-3H3. The van der Waals surface area contributed by atoms with Crippen LogP contribution in [0, 0.1) is 11.3 Å². The van der Waals surface area contributed by atoms with E-state index in [4.69, 9.17) is 4.74 Å². The molecule has 2 fully saturated rings. The number of hydrogen-bond acceptors (Lipinski definition) is 3. The highest BCUT2D eigenvalue weighted by Gasteiger charge is 2.31. The average Bonchev–Trinajstić information content (AvgIpc) is 2.95. The quantitative estimate of drug-likeness (QED) is 0.801. The predicted octanol–water partition coefficient (Wildman–Crippen LogP) is 2.51. The summed E-state index contributed by atoms with van der Waals surface area (Å²) in [5.41, 5.74) is 0.598. The SMILES string of the molecule is CCNC(CN1CCC(C)(CC)CC1)C1CCOC1. The summed E-state index contributed by atoms with van der Waals surface area (Å²) in [5.74, 6) is 0.722. The molecule has 2 rings (SSSR count). The van der Waals surface area contributed by atoms with Crippen LogP contribution < -0.4 is 5.32 Å². The van der Waals surface area contributed by atoms with E-state index in [0.717, 1.165) is 25.7 Å². The minimum absolute atomic E-state index is 0.598. The van der Waals surface area contributed by atoms with E-state index in [1.165, 1.54) is 45.3 Å². The molecule has 2 aliphatic heterocycles. The Kier molecular flexibility index (Phi) is 5.67. The van der Waals surface area contributed by atoms with Crippen LogP contribution in [0.3, 0.4) is 0 Å². The van der Waals surface area contributed by atoms with Gasteiger partial charge in [0, 0.05) is 25.1 Å². The third-order valence-electron chi connectivity index (χ3n) is 5.37. The van der Waals surface area contributed by atoms with Crippen molar-refractivity contribution in [2.45, 2.75) is 52.5 Å². The molecule has 3 heteroatoms. The van der Waals surface area contributed by atoms with Crippen LogP contribution in [0.25, 0.3) is 0 Å². The number of nitrogens with zero attached hydrogens (tertiary/aromatic N) is 1. The van der Waals surface area contributed by atoms with Crippen molar-refractivity contribution < 1.29 is 4.74 Å². The van der Waals surface area contributed by atoms with Crippen LogP contribution in [0.2, 0.25) is 0 Å². The Labute approximate surface area is 119 Å². The van der Waals surface area contributed by atoms with Crippen LogP contribution >= 0.6 is 0 Å². The van der Waals surface area contributed by atoms with Crippen LogP contribution in [0.5, 0.6) is 0 Å². The number of likely N-dealkylation sites (tertiary alicyclic amines) is 1. The molecule has 0 aliphatic carbocycles. The third kappa shape index (κ3) is 4.17. The monoisotopic (exact) mass is 268 g/mol. The molecular formula is C16H32N2O. The number of rotatable bonds is 6. The molecule has 0 saturated carbocycles. The van der Waals surface area contributed by atoms with E-state index in [9.17, 15) is 0 Å². The van der Waals surface area contributed by atoms with E-state index in [2.05, 4.69) is 31.0 Å². The zero-order valence-electron chi connectivity index (χ0n) is 13.1. The molecule has 0 aromatic carbocycles. The Bertz CT molecular complexity index is 255. The van der Waals surface area contributed by atoms with Gasteiger partial charge in [0.2, 0.25) is 0 Å². The van der Waals surface area contributed by atoms with E-state index >= 15 is 0 Å². The summed E-state index contributed by atoms with van der Waals surface area (Å²) in [6, 6.07) is 0.624. The van der Waals surface area contributed by atoms with Gasteiger partial charge in [-0.25, -0.2) is 0 Å². The van der Waals surface area contributed by atoms with Gasteiger partial charge in [-0.15, -0.1) is 0 Å². The predicted molar refractivity (Wildman–Crippen MR) is 80.5 cm³/mol. The molecule has 0 bridgehead atoms. The zero-order valence-corrected chi connectivity index (χ0v) is 13.1. The van der Waals surface area contributed by atoms with Crippen LogP contribution in [0.15, 0.2) is 0 Å². The van der Waals surface area contributed by atoms with E-state index in [1.807, 2.05) is 0 Å². The Morgan fingerprint density at radius 1 is 1.32 bits per heavy atom. The van der Waals surface area contributed by atoms with E-state index in [1.54, 1.807) is 0 Å². The number of nitrogens with one attached hydrogen (secondary N) is 1. The van der Waals surface area contributed by atoms with Gasteiger partial charge in [0.1, 0.15) is 0 Å². The van der Waals surface area contributed by atoms with Gasteiger partial charge in [0.15, 0.2) is 0 Å². The summed E-state index contributed by atoms with van der Waals surface area (Å²) in [5, 5.41) is 3.68. The van der Waals surface area contributed by atoms with Gasteiger partial charge in [-0.1, -0.05) is 27.2 Å². The summed E-state index contributed by atoms with van der Waals surface area (Å²) in [7, 11) is 0. The van der Waals surface area contributed by atoms with E-state index in [-0.39, 0.29) is 0 Å². The fraction of sp³-hybridized carbons (Fsp3) is 1.00. The van der Waals surface area contributed by atoms with Crippen molar-refractivity contribution in [2.75, 3.05) is 39.4 Å². The Morgan fingerprint density at radius 2 is 2.05 bits per heavy atom. The summed E-state index contributed by atoms with van der Waals surface area (Å²) in [4.78, 5) is 2.67. The summed E-state index contributed by atoms with van der Waals surface area (Å²) >= 11 is 0. The molecule has 2 atom stereocenters. The number of piperidine rings is 1. The van der Waals surface area contributed by atoms with Gasteiger partial charge in [-0.2, -0.15) is 0 Å². The van der Waals surface area contributed by atoms with Gasteiger partial charge >= 0.3 is 0 Å². The smallest absolute Gasteiger partial charge is 0.0510 e. The van der Waals surface area contributed by atoms with Gasteiger partial charge in [-0.3, -0.25) is 0 Å². The number of ether oxygens (including phenoxy) is 1. The highest BCUT2D eigenvalue weighted by atomic mass is 16.5. The van der Waals surface area contributed by atoms with Gasteiger partial charge in [0.05, 0.1) is 6.61 Å². The summed E-state index contributed by atoms with van der Waals surface area (Å²) < 4.78 is 5.57. The number of likely N-dealkylation sites (N-methyl/N-ethyl adjacent to an activating group) is 1. The summed E-state index contributed by atoms with van der Waals surface area (Å²) in [6.45, 7) is 13.8. The first-order chi connectivity index (χ1) is 9.17. The molecule has 0 aromatic heterocycles. The maximum atomic E-state index is 5.57. The first-order valence-electron chi connectivity index (χ1n) is 8.20. The van der Waals surface area contributed by atoms with Crippen molar-refractivity contribution in [1.29, 1.82) is 0 Å². The molecule has 2 saturated heterocycles. The maximum Gasteiger partial charge on any atom is 0.0510 e. The molecular weight excluding hydrogens is 236 g/mol. The second-order valence-electron chi connectivity index (χ2n) is 6.75. The van der Waals surface area contributed by atoms with Gasteiger partial charge in [0.25, 0.3) is 0 Å². The van der Waals surface area contributed by atoms with Crippen LogP contribution in [0.4, 0.5) is 0 Å². The second-order valence-corrected chi connectivity index (χ2v) is 6.75. The van der Waals surface area contributed by atoms with Crippen molar-refractivity contribution >= 4 is 0 Å². The minimum atomic E-state index is 0.598. The molecule has 0 spiro atoms. The lowest BCUT2D eigenvalue weighted by Crippen LogP contribution is -2.49. The maximum absolute atomic E-state index is 5.57. The largest absolute Gasteiger partial charge is 0.381 e. The van der Waals surface area contributed by atoms with E-state index < -0.39 is 0 Å². The molecule has 2 unspecified atom stereocenters. The summed E-state index contributed by atoms with van der Waals surface area (Å²) in [6.07, 6.45) is 5.29.